The lowest BCUT2D eigenvalue weighted by atomic mass is 10.1. The Morgan fingerprint density at radius 2 is 1.57 bits per heavy atom. The van der Waals surface area contributed by atoms with Crippen LogP contribution in [-0.2, 0) is 18.8 Å². The standard InChI is InChI=1S/C21H28FN3O3S.HI/c1-23-21(24-11-14-6-8-17(22)10-16(14)13-29-5)25-12-15-7-9-18(26-2)20(28-4)19(15)27-3;/h6-10H,11-13H2,1-5H3,(H2,23,24,25);1H. The van der Waals surface area contributed by atoms with E-state index in [4.69, 9.17) is 14.2 Å². The first kappa shape index (κ1) is 26.2. The number of nitrogens with one attached hydrogen (secondary N) is 2. The first-order valence-electron chi connectivity index (χ1n) is 9.06. The molecule has 2 aromatic rings. The molecule has 2 N–H and O–H groups in total. The Hall–Kier alpha value is -1.88. The minimum atomic E-state index is -0.221. The van der Waals surface area contributed by atoms with Crippen LogP contribution in [0.4, 0.5) is 4.39 Å². The molecule has 9 heteroatoms. The van der Waals surface area contributed by atoms with Gasteiger partial charge in [-0.05, 0) is 41.6 Å². The third kappa shape index (κ3) is 6.83. The topological polar surface area (TPSA) is 64.1 Å². The summed E-state index contributed by atoms with van der Waals surface area (Å²) in [5.74, 6) is 2.92. The Labute approximate surface area is 199 Å². The van der Waals surface area contributed by atoms with Gasteiger partial charge in [-0.3, -0.25) is 4.99 Å². The number of rotatable bonds is 9. The number of hydrogen-bond acceptors (Lipinski definition) is 5. The number of aliphatic imine (C=N–C) groups is 1. The van der Waals surface area contributed by atoms with Crippen molar-refractivity contribution in [3.05, 3.63) is 52.8 Å². The molecule has 166 valence electrons. The molecule has 0 bridgehead atoms. The van der Waals surface area contributed by atoms with Crippen molar-refractivity contribution in [1.82, 2.24) is 10.6 Å². The van der Waals surface area contributed by atoms with Gasteiger partial charge in [0, 0.05) is 31.5 Å². The van der Waals surface area contributed by atoms with Gasteiger partial charge in [-0.25, -0.2) is 4.39 Å². The molecule has 6 nitrogen and oxygen atoms in total. The second-order valence-corrected chi connectivity index (χ2v) is 6.98. The molecule has 0 unspecified atom stereocenters. The van der Waals surface area contributed by atoms with E-state index in [1.165, 1.54) is 6.07 Å². The van der Waals surface area contributed by atoms with E-state index in [2.05, 4.69) is 15.6 Å². The SMILES string of the molecule is CN=C(NCc1ccc(F)cc1CSC)NCc1ccc(OC)c(OC)c1OC.I. The van der Waals surface area contributed by atoms with Crippen molar-refractivity contribution in [3.8, 4) is 17.2 Å². The molecule has 0 radical (unpaired) electrons. The molecule has 0 amide bonds. The summed E-state index contributed by atoms with van der Waals surface area (Å²) >= 11 is 1.66. The second-order valence-electron chi connectivity index (χ2n) is 6.12. The molecule has 0 saturated heterocycles. The van der Waals surface area contributed by atoms with Crippen LogP contribution in [0.25, 0.3) is 0 Å². The van der Waals surface area contributed by atoms with Gasteiger partial charge in [-0.15, -0.1) is 24.0 Å². The molecule has 2 rings (SSSR count). The van der Waals surface area contributed by atoms with Gasteiger partial charge in [-0.1, -0.05) is 6.07 Å². The monoisotopic (exact) mass is 549 g/mol. The summed E-state index contributed by atoms with van der Waals surface area (Å²) < 4.78 is 29.8. The summed E-state index contributed by atoms with van der Waals surface area (Å²) in [6.45, 7) is 1.02. The predicted molar refractivity (Wildman–Crippen MR) is 132 cm³/mol. The van der Waals surface area contributed by atoms with E-state index < -0.39 is 0 Å². The number of halogens is 2. The zero-order valence-corrected chi connectivity index (χ0v) is 21.0. The molecule has 0 saturated carbocycles. The number of benzene rings is 2. The average Bonchev–Trinajstić information content (AvgIpc) is 2.74. The number of guanidine groups is 1. The fourth-order valence-electron chi connectivity index (χ4n) is 2.94. The first-order valence-corrected chi connectivity index (χ1v) is 10.5. The number of nitrogens with zero attached hydrogens (tertiary/aromatic N) is 1. The number of ether oxygens (including phenoxy) is 3. The van der Waals surface area contributed by atoms with Crippen molar-refractivity contribution in [1.29, 1.82) is 0 Å². The Balaban J connectivity index is 0.00000450. The highest BCUT2D eigenvalue weighted by atomic mass is 127. The molecule has 0 spiro atoms. The van der Waals surface area contributed by atoms with Gasteiger partial charge < -0.3 is 24.8 Å². The van der Waals surface area contributed by atoms with Gasteiger partial charge in [0.2, 0.25) is 5.75 Å². The smallest absolute Gasteiger partial charge is 0.203 e. The van der Waals surface area contributed by atoms with Crippen LogP contribution in [0.5, 0.6) is 17.2 Å². The van der Waals surface area contributed by atoms with E-state index >= 15 is 0 Å². The molecule has 0 aromatic heterocycles. The summed E-state index contributed by atoms with van der Waals surface area (Å²) in [5.41, 5.74) is 2.91. The lowest BCUT2D eigenvalue weighted by molar-refractivity contribution is 0.322. The van der Waals surface area contributed by atoms with Gasteiger partial charge in [-0.2, -0.15) is 11.8 Å². The van der Waals surface area contributed by atoms with Crippen LogP contribution < -0.4 is 24.8 Å². The van der Waals surface area contributed by atoms with Crippen LogP contribution in [0.15, 0.2) is 35.3 Å². The van der Waals surface area contributed by atoms with E-state index in [-0.39, 0.29) is 29.8 Å². The molecule has 2 aromatic carbocycles. The number of thioether (sulfide) groups is 1. The largest absolute Gasteiger partial charge is 0.493 e. The van der Waals surface area contributed by atoms with Crippen molar-refractivity contribution in [3.63, 3.8) is 0 Å². The van der Waals surface area contributed by atoms with E-state index in [1.54, 1.807) is 52.3 Å². The fraction of sp³-hybridized carbons (Fsp3) is 0.381. The van der Waals surface area contributed by atoms with Crippen molar-refractivity contribution >= 4 is 41.7 Å². The third-order valence-corrected chi connectivity index (χ3v) is 4.97. The van der Waals surface area contributed by atoms with Gasteiger partial charge in [0.25, 0.3) is 0 Å². The number of methoxy groups -OCH3 is 3. The molecule has 0 aliphatic carbocycles. The fourth-order valence-corrected chi connectivity index (χ4v) is 3.52. The molecule has 0 heterocycles. The molecule has 0 atom stereocenters. The molecule has 0 aliphatic rings. The van der Waals surface area contributed by atoms with E-state index in [0.29, 0.717) is 36.3 Å². The Morgan fingerprint density at radius 3 is 2.13 bits per heavy atom. The summed E-state index contributed by atoms with van der Waals surface area (Å²) in [6, 6.07) is 8.61. The van der Waals surface area contributed by atoms with Crippen LogP contribution in [0, 0.1) is 5.82 Å². The highest BCUT2D eigenvalue weighted by molar-refractivity contribution is 14.0. The van der Waals surface area contributed by atoms with Gasteiger partial charge >= 0.3 is 0 Å². The van der Waals surface area contributed by atoms with Crippen LogP contribution in [0.1, 0.15) is 16.7 Å². The summed E-state index contributed by atoms with van der Waals surface area (Å²) in [4.78, 5) is 4.26. The third-order valence-electron chi connectivity index (χ3n) is 4.37. The van der Waals surface area contributed by atoms with E-state index in [9.17, 15) is 4.39 Å². The van der Waals surface area contributed by atoms with Crippen molar-refractivity contribution < 1.29 is 18.6 Å². The average molecular weight is 549 g/mol. The molecular weight excluding hydrogens is 520 g/mol. The minimum Gasteiger partial charge on any atom is -0.493 e. The van der Waals surface area contributed by atoms with Crippen LogP contribution in [-0.4, -0.2) is 40.6 Å². The maximum Gasteiger partial charge on any atom is 0.203 e. The van der Waals surface area contributed by atoms with Gasteiger partial charge in [0.15, 0.2) is 17.5 Å². The summed E-state index contributed by atoms with van der Waals surface area (Å²) in [7, 11) is 6.46. The van der Waals surface area contributed by atoms with Crippen molar-refractivity contribution in [2.45, 2.75) is 18.8 Å². The number of hydrogen-bond donors (Lipinski definition) is 2. The van der Waals surface area contributed by atoms with E-state index in [0.717, 1.165) is 22.4 Å². The minimum absolute atomic E-state index is 0. The van der Waals surface area contributed by atoms with Crippen LogP contribution in [0.2, 0.25) is 0 Å². The Kier molecular flexibility index (Phi) is 11.7. The highest BCUT2D eigenvalue weighted by Crippen LogP contribution is 2.39. The zero-order valence-electron chi connectivity index (χ0n) is 17.9. The lowest BCUT2D eigenvalue weighted by Crippen LogP contribution is -2.36. The molecule has 0 fully saturated rings. The summed E-state index contributed by atoms with van der Waals surface area (Å²) in [5, 5.41) is 6.54. The Morgan fingerprint density at radius 1 is 0.933 bits per heavy atom. The predicted octanol–water partition coefficient (Wildman–Crippen LogP) is 4.20. The molecular formula is C21H29FIN3O3S. The van der Waals surface area contributed by atoms with Crippen molar-refractivity contribution in [2.75, 3.05) is 34.6 Å². The van der Waals surface area contributed by atoms with Crippen LogP contribution in [0.3, 0.4) is 0 Å². The van der Waals surface area contributed by atoms with Crippen molar-refractivity contribution in [2.24, 2.45) is 4.99 Å². The van der Waals surface area contributed by atoms with Gasteiger partial charge in [0.05, 0.1) is 21.3 Å². The maximum atomic E-state index is 13.5. The second kappa shape index (κ2) is 13.4. The Bertz CT molecular complexity index is 852. The van der Waals surface area contributed by atoms with E-state index in [1.807, 2.05) is 18.4 Å². The molecule has 0 aliphatic heterocycles. The van der Waals surface area contributed by atoms with Gasteiger partial charge in [0.1, 0.15) is 5.82 Å². The maximum absolute atomic E-state index is 13.5. The quantitative estimate of drug-likeness (QED) is 0.278. The first-order chi connectivity index (χ1) is 14.1. The highest BCUT2D eigenvalue weighted by Gasteiger charge is 2.16. The summed E-state index contributed by atoms with van der Waals surface area (Å²) in [6.07, 6.45) is 2.00. The zero-order chi connectivity index (χ0) is 21.2. The molecule has 30 heavy (non-hydrogen) atoms. The van der Waals surface area contributed by atoms with Crippen LogP contribution >= 0.6 is 35.7 Å². The lowest BCUT2D eigenvalue weighted by Gasteiger charge is -2.18. The normalized spacial score (nSPS) is 10.8.